The summed E-state index contributed by atoms with van der Waals surface area (Å²) < 4.78 is 343. The van der Waals surface area contributed by atoms with Crippen LogP contribution in [0.1, 0.15) is 44.5 Å². The molecule has 0 aliphatic carbocycles. The summed E-state index contributed by atoms with van der Waals surface area (Å²) in [4.78, 5) is 6.27. The van der Waals surface area contributed by atoms with Crippen LogP contribution in [0.15, 0.2) is 170 Å². The van der Waals surface area contributed by atoms with E-state index in [0.29, 0.717) is 0 Å². The average molecular weight is 1190 g/mol. The van der Waals surface area contributed by atoms with Gasteiger partial charge in [-0.3, -0.25) is 0 Å². The Morgan fingerprint density at radius 1 is 0.256 bits per heavy atom. The van der Waals surface area contributed by atoms with E-state index >= 15 is 0 Å². The SMILES string of the molecule is FC(F)(F)c1cc([B-](c2cc(C(F)(F)F)cc(C(F)(F)F)c2)(c2cc(C(F)(F)F)cc(C(F)(F)F)c2)c2cc(C(F)(F)F)cc(C(F)(F)F)c2)cc(C(F)(F)F)c1.c1cc[n+](Oc2c3ccccc3cc3cc4ccccc4cc23)cc1. The Hall–Kier alpha value is -8.13. The first-order valence-corrected chi connectivity index (χ1v) is 23.0. The van der Waals surface area contributed by atoms with Crippen LogP contribution >= 0.6 is 0 Å². The molecular weight excluding hydrogens is 1160 g/mol. The molecule has 0 atom stereocenters. The number of hydrogen-bond donors (Lipinski definition) is 0. The largest absolute Gasteiger partial charge is 0.416 e. The molecule has 9 rings (SSSR count). The van der Waals surface area contributed by atoms with Crippen molar-refractivity contribution in [1.29, 1.82) is 0 Å². The third kappa shape index (κ3) is 12.5. The standard InChI is InChI=1S/C32H12BF24.C23H16NO/c34-25(35,36)13-1-14(26(37,38)39)6-21(5-13)33(22-7-15(27(40,41)42)2-16(8-22)28(43,44)45,23-9-17(29(46,47)48)3-18(10-23)30(49,50)51)24-11-19(31(52,53)54)4-20(12-24)32(55,56)57;1-6-12-24(13-7-1)25-23-21-11-5-4-10-19(21)15-20-14-17-8-2-3-9-18(17)16-22(20)23/h1-12H;1-16H/q-1;+1. The van der Waals surface area contributed by atoms with Crippen LogP contribution in [0.25, 0.3) is 32.3 Å². The number of hydrogen-bond acceptors (Lipinski definition) is 1. The fourth-order valence-electron chi connectivity index (χ4n) is 9.43. The maximum Gasteiger partial charge on any atom is 0.416 e. The molecule has 0 saturated carbocycles. The van der Waals surface area contributed by atoms with Crippen molar-refractivity contribution in [1.82, 2.24) is 0 Å². The van der Waals surface area contributed by atoms with Gasteiger partial charge in [-0.05, 0) is 64.0 Å². The highest BCUT2D eigenvalue weighted by Gasteiger charge is 2.47. The first-order chi connectivity index (χ1) is 37.6. The molecule has 82 heavy (non-hydrogen) atoms. The summed E-state index contributed by atoms with van der Waals surface area (Å²) in [5.74, 6) is 0.884. The van der Waals surface area contributed by atoms with Gasteiger partial charge in [-0.25, -0.2) is 4.84 Å². The van der Waals surface area contributed by atoms with Crippen LogP contribution in [-0.2, 0) is 49.4 Å². The summed E-state index contributed by atoms with van der Waals surface area (Å²) >= 11 is 0. The Morgan fingerprint density at radius 2 is 0.524 bits per heavy atom. The van der Waals surface area contributed by atoms with Gasteiger partial charge in [0.2, 0.25) is 18.1 Å². The molecule has 9 aromatic rings. The Labute approximate surface area is 444 Å². The molecule has 0 N–H and O–H groups in total. The van der Waals surface area contributed by atoms with E-state index in [4.69, 9.17) is 4.84 Å². The molecule has 0 aliphatic rings. The molecule has 1 aromatic heterocycles. The topological polar surface area (TPSA) is 13.1 Å². The molecule has 0 amide bonds. The second-order valence-corrected chi connectivity index (χ2v) is 18.4. The maximum atomic E-state index is 14.2. The van der Waals surface area contributed by atoms with Gasteiger partial charge in [0.15, 0.2) is 0 Å². The van der Waals surface area contributed by atoms with E-state index < -0.39 is 195 Å². The summed E-state index contributed by atoms with van der Waals surface area (Å²) in [6.45, 7) is 0. The Morgan fingerprint density at radius 3 is 0.829 bits per heavy atom. The summed E-state index contributed by atoms with van der Waals surface area (Å²) in [6.07, 6.45) is -51.0. The number of benzene rings is 8. The van der Waals surface area contributed by atoms with Crippen LogP contribution in [0, 0.1) is 0 Å². The molecule has 0 bridgehead atoms. The highest BCUT2D eigenvalue weighted by molar-refractivity contribution is 7.20. The van der Waals surface area contributed by atoms with Crippen molar-refractivity contribution in [3.05, 3.63) is 215 Å². The third-order valence-electron chi connectivity index (χ3n) is 13.0. The van der Waals surface area contributed by atoms with Crippen molar-refractivity contribution in [3.8, 4) is 5.75 Å². The number of rotatable bonds is 6. The number of pyridine rings is 1. The molecule has 0 radical (unpaired) electrons. The van der Waals surface area contributed by atoms with Gasteiger partial charge in [0.1, 0.15) is 6.15 Å². The lowest BCUT2D eigenvalue weighted by Gasteiger charge is -2.46. The van der Waals surface area contributed by atoms with Crippen LogP contribution < -0.4 is 31.4 Å². The Bertz CT molecular complexity index is 3410. The zero-order valence-corrected chi connectivity index (χ0v) is 40.2. The number of aromatic nitrogens is 1. The van der Waals surface area contributed by atoms with Gasteiger partial charge >= 0.3 is 49.4 Å². The van der Waals surface area contributed by atoms with E-state index in [9.17, 15) is 105 Å². The zero-order valence-electron chi connectivity index (χ0n) is 40.2. The van der Waals surface area contributed by atoms with Crippen molar-refractivity contribution >= 4 is 60.3 Å². The predicted octanol–water partition coefficient (Wildman–Crippen LogP) is 16.5. The smallest absolute Gasteiger partial charge is 0.230 e. The van der Waals surface area contributed by atoms with Crippen molar-refractivity contribution < 1.29 is 115 Å². The normalized spacial score (nSPS) is 13.4. The highest BCUT2D eigenvalue weighted by atomic mass is 19.4. The molecule has 0 fully saturated rings. The van der Waals surface area contributed by atoms with E-state index in [1.165, 1.54) is 21.5 Å². The van der Waals surface area contributed by atoms with E-state index in [0.717, 1.165) is 16.5 Å². The van der Waals surface area contributed by atoms with Gasteiger partial charge < -0.3 is 0 Å². The van der Waals surface area contributed by atoms with Crippen molar-refractivity contribution in [2.75, 3.05) is 0 Å². The molecule has 1 heterocycles. The molecule has 0 unspecified atom stereocenters. The van der Waals surface area contributed by atoms with E-state index in [1.807, 2.05) is 30.6 Å². The molecular formula is C55H28BF24NO. The summed E-state index contributed by atoms with van der Waals surface area (Å²) in [5.41, 5.74) is -30.2. The van der Waals surface area contributed by atoms with Gasteiger partial charge in [-0.15, -0.1) is 0 Å². The molecule has 8 aromatic carbocycles. The minimum Gasteiger partial charge on any atom is -0.230 e. The van der Waals surface area contributed by atoms with Gasteiger partial charge in [0.05, 0.1) is 44.5 Å². The van der Waals surface area contributed by atoms with Crippen molar-refractivity contribution in [3.63, 3.8) is 0 Å². The monoisotopic (exact) mass is 1190 g/mol. The molecule has 0 spiro atoms. The average Bonchev–Trinajstić information content (AvgIpc) is 1.20. The summed E-state index contributed by atoms with van der Waals surface area (Å²) in [6, 6.07) is 20.6. The van der Waals surface area contributed by atoms with Gasteiger partial charge in [-0.2, -0.15) is 127 Å². The van der Waals surface area contributed by atoms with Crippen LogP contribution in [0.4, 0.5) is 105 Å². The lowest BCUT2D eigenvalue weighted by molar-refractivity contribution is -0.874. The zero-order chi connectivity index (χ0) is 60.6. The predicted molar refractivity (Wildman–Crippen MR) is 252 cm³/mol. The summed E-state index contributed by atoms with van der Waals surface area (Å²) in [7, 11) is 0. The van der Waals surface area contributed by atoms with E-state index in [-0.39, 0.29) is 0 Å². The van der Waals surface area contributed by atoms with Gasteiger partial charge in [-0.1, -0.05) is 103 Å². The van der Waals surface area contributed by atoms with Crippen LogP contribution in [0.2, 0.25) is 0 Å². The van der Waals surface area contributed by atoms with Crippen LogP contribution in [-0.4, -0.2) is 6.15 Å². The highest BCUT2D eigenvalue weighted by Crippen LogP contribution is 2.42. The minimum atomic E-state index is -6.13. The lowest BCUT2D eigenvalue weighted by Crippen LogP contribution is -2.75. The molecule has 27 heteroatoms. The number of halogens is 24. The molecule has 0 aliphatic heterocycles. The van der Waals surface area contributed by atoms with E-state index in [2.05, 4.69) is 66.7 Å². The van der Waals surface area contributed by atoms with Crippen molar-refractivity contribution in [2.24, 2.45) is 0 Å². The molecule has 430 valence electrons. The third-order valence-corrected chi connectivity index (χ3v) is 13.0. The maximum absolute atomic E-state index is 14.2. The van der Waals surface area contributed by atoms with Gasteiger partial charge in [0.25, 0.3) is 0 Å². The van der Waals surface area contributed by atoms with E-state index in [1.54, 1.807) is 4.73 Å². The number of nitrogens with zero attached hydrogens (tertiary/aromatic N) is 1. The minimum absolute atomic E-state index is 0.691. The van der Waals surface area contributed by atoms with Crippen LogP contribution in [0.3, 0.4) is 0 Å². The van der Waals surface area contributed by atoms with Crippen molar-refractivity contribution in [2.45, 2.75) is 49.4 Å². The quantitative estimate of drug-likeness (QED) is 0.0700. The second kappa shape index (κ2) is 20.7. The Kier molecular flexibility index (Phi) is 15.1. The Balaban J connectivity index is 0.000000288. The number of fused-ring (bicyclic) bond motifs is 3. The van der Waals surface area contributed by atoms with Gasteiger partial charge in [0, 0.05) is 27.6 Å². The first kappa shape index (κ1) is 60.0. The van der Waals surface area contributed by atoms with Crippen LogP contribution in [0.5, 0.6) is 5.75 Å². The second-order valence-electron chi connectivity index (χ2n) is 18.4. The number of alkyl halides is 24. The lowest BCUT2D eigenvalue weighted by atomic mass is 9.12. The fraction of sp³-hybridized carbons (Fsp3) is 0.145. The fourth-order valence-corrected chi connectivity index (χ4v) is 9.43. The summed E-state index contributed by atoms with van der Waals surface area (Å²) in [5, 5.41) is 7.05. The molecule has 2 nitrogen and oxygen atoms in total. The first-order valence-electron chi connectivity index (χ1n) is 23.0. The molecule has 0 saturated heterocycles.